The van der Waals surface area contributed by atoms with E-state index in [9.17, 15) is 0 Å². The van der Waals surface area contributed by atoms with E-state index in [1.54, 1.807) is 12.4 Å². The number of hydrogen-bond acceptors (Lipinski definition) is 4. The highest BCUT2D eigenvalue weighted by atomic mass is 15.3. The molecule has 6 nitrogen and oxygen atoms in total. The zero-order valence-electron chi connectivity index (χ0n) is 9.51. The van der Waals surface area contributed by atoms with Crippen molar-refractivity contribution >= 4 is 0 Å². The molecular weight excluding hydrogens is 204 g/mol. The molecule has 0 saturated heterocycles. The van der Waals surface area contributed by atoms with Gasteiger partial charge >= 0.3 is 0 Å². The van der Waals surface area contributed by atoms with Crippen molar-refractivity contribution in [2.24, 2.45) is 7.05 Å². The van der Waals surface area contributed by atoms with Crippen LogP contribution in [-0.2, 0) is 7.05 Å². The first kappa shape index (κ1) is 10.8. The van der Waals surface area contributed by atoms with Gasteiger partial charge in [0.15, 0.2) is 0 Å². The van der Waals surface area contributed by atoms with Gasteiger partial charge in [0.2, 0.25) is 0 Å². The fraction of sp³-hybridized carbons (Fsp3) is 0.500. The van der Waals surface area contributed by atoms with Crippen LogP contribution in [0.3, 0.4) is 0 Å². The Bertz CT molecular complexity index is 418. The molecular formula is C10H16N6. The average molecular weight is 220 g/mol. The number of aromatic amines is 1. The molecule has 2 heterocycles. The maximum Gasteiger partial charge on any atom is 0.131 e. The second kappa shape index (κ2) is 4.89. The smallest absolute Gasteiger partial charge is 0.131 e. The van der Waals surface area contributed by atoms with Gasteiger partial charge in [-0.1, -0.05) is 6.92 Å². The second-order valence-electron chi connectivity index (χ2n) is 3.68. The van der Waals surface area contributed by atoms with Gasteiger partial charge in [-0.05, 0) is 13.0 Å². The topological polar surface area (TPSA) is 71.4 Å². The van der Waals surface area contributed by atoms with Gasteiger partial charge in [-0.2, -0.15) is 15.4 Å². The largest absolute Gasteiger partial charge is 0.336 e. The predicted molar refractivity (Wildman–Crippen MR) is 59.7 cm³/mol. The van der Waals surface area contributed by atoms with Crippen LogP contribution in [0.4, 0.5) is 0 Å². The van der Waals surface area contributed by atoms with Crippen molar-refractivity contribution in [2.45, 2.75) is 19.4 Å². The van der Waals surface area contributed by atoms with Crippen LogP contribution >= 0.6 is 0 Å². The van der Waals surface area contributed by atoms with E-state index in [0.717, 1.165) is 24.5 Å². The van der Waals surface area contributed by atoms with Gasteiger partial charge in [-0.25, -0.2) is 4.98 Å². The van der Waals surface area contributed by atoms with Gasteiger partial charge < -0.3 is 9.88 Å². The van der Waals surface area contributed by atoms with Crippen LogP contribution in [-0.4, -0.2) is 31.5 Å². The molecule has 2 aromatic rings. The molecule has 2 rings (SSSR count). The van der Waals surface area contributed by atoms with Crippen LogP contribution in [0.1, 0.15) is 30.9 Å². The first-order valence-corrected chi connectivity index (χ1v) is 5.39. The molecule has 1 atom stereocenters. The Kier molecular flexibility index (Phi) is 3.31. The maximum atomic E-state index is 4.34. The number of aromatic nitrogens is 5. The van der Waals surface area contributed by atoms with E-state index in [1.165, 1.54) is 0 Å². The highest BCUT2D eigenvalue weighted by molar-refractivity contribution is 5.13. The molecule has 0 aromatic carbocycles. The summed E-state index contributed by atoms with van der Waals surface area (Å²) in [5, 5.41) is 14.0. The van der Waals surface area contributed by atoms with Crippen LogP contribution in [0.25, 0.3) is 0 Å². The lowest BCUT2D eigenvalue weighted by Gasteiger charge is -2.15. The molecule has 6 heteroatoms. The van der Waals surface area contributed by atoms with E-state index in [-0.39, 0.29) is 6.04 Å². The van der Waals surface area contributed by atoms with Crippen molar-refractivity contribution < 1.29 is 0 Å². The van der Waals surface area contributed by atoms with Crippen molar-refractivity contribution in [2.75, 3.05) is 6.54 Å². The van der Waals surface area contributed by atoms with Crippen LogP contribution in [0.2, 0.25) is 0 Å². The molecule has 1 unspecified atom stereocenters. The first-order valence-electron chi connectivity index (χ1n) is 5.39. The van der Waals surface area contributed by atoms with E-state index in [1.807, 2.05) is 17.8 Å². The molecule has 0 radical (unpaired) electrons. The number of rotatable bonds is 5. The van der Waals surface area contributed by atoms with Gasteiger partial charge in [-0.15, -0.1) is 0 Å². The lowest BCUT2D eigenvalue weighted by atomic mass is 10.2. The van der Waals surface area contributed by atoms with E-state index in [0.29, 0.717) is 0 Å². The van der Waals surface area contributed by atoms with Gasteiger partial charge in [0.25, 0.3) is 0 Å². The third-order valence-corrected chi connectivity index (χ3v) is 2.44. The molecule has 0 aliphatic carbocycles. The van der Waals surface area contributed by atoms with Crippen molar-refractivity contribution in [3.8, 4) is 0 Å². The molecule has 0 spiro atoms. The van der Waals surface area contributed by atoms with E-state index in [4.69, 9.17) is 0 Å². The Balaban J connectivity index is 2.25. The lowest BCUT2D eigenvalue weighted by Crippen LogP contribution is -2.26. The number of aryl methyl sites for hydroxylation is 1. The summed E-state index contributed by atoms with van der Waals surface area (Å²) in [5.74, 6) is 0.947. The van der Waals surface area contributed by atoms with E-state index >= 15 is 0 Å². The number of nitrogens with zero attached hydrogens (tertiary/aromatic N) is 4. The molecule has 0 bridgehead atoms. The third-order valence-electron chi connectivity index (χ3n) is 2.44. The number of hydrogen-bond donors (Lipinski definition) is 2. The highest BCUT2D eigenvalue weighted by Crippen LogP contribution is 2.16. The van der Waals surface area contributed by atoms with E-state index < -0.39 is 0 Å². The Morgan fingerprint density at radius 1 is 1.56 bits per heavy atom. The molecule has 0 aliphatic heterocycles. The first-order chi connectivity index (χ1) is 7.83. The Morgan fingerprint density at radius 3 is 3.00 bits per heavy atom. The normalized spacial score (nSPS) is 12.9. The molecule has 86 valence electrons. The lowest BCUT2D eigenvalue weighted by molar-refractivity contribution is 0.544. The van der Waals surface area contributed by atoms with Crippen LogP contribution in [0.15, 0.2) is 18.6 Å². The van der Waals surface area contributed by atoms with Crippen molar-refractivity contribution in [3.63, 3.8) is 0 Å². The van der Waals surface area contributed by atoms with Crippen LogP contribution < -0.4 is 5.32 Å². The third kappa shape index (κ3) is 2.11. The van der Waals surface area contributed by atoms with Crippen LogP contribution in [0.5, 0.6) is 0 Å². The summed E-state index contributed by atoms with van der Waals surface area (Å²) < 4.78 is 1.99. The zero-order chi connectivity index (χ0) is 11.4. The SMILES string of the molecule is CCCNC(c1cn[nH]n1)c1nccn1C. The monoisotopic (exact) mass is 220 g/mol. The molecule has 0 aliphatic rings. The quantitative estimate of drug-likeness (QED) is 0.775. The fourth-order valence-electron chi connectivity index (χ4n) is 1.62. The second-order valence-corrected chi connectivity index (χ2v) is 3.68. The standard InChI is InChI=1S/C10H16N6/c1-3-4-11-9(8-7-13-15-14-8)10-12-5-6-16(10)2/h5-7,9,11H,3-4H2,1-2H3,(H,13,14,15). The number of nitrogens with one attached hydrogen (secondary N) is 2. The average Bonchev–Trinajstić information content (AvgIpc) is 2.91. The summed E-state index contributed by atoms with van der Waals surface area (Å²) in [6, 6.07) is -0.00120. The zero-order valence-corrected chi connectivity index (χ0v) is 9.51. The summed E-state index contributed by atoms with van der Waals surface area (Å²) in [6.07, 6.45) is 6.51. The summed E-state index contributed by atoms with van der Waals surface area (Å²) in [6.45, 7) is 3.05. The van der Waals surface area contributed by atoms with Crippen LogP contribution in [0, 0.1) is 0 Å². The summed E-state index contributed by atoms with van der Waals surface area (Å²) in [5.41, 5.74) is 0.864. The van der Waals surface area contributed by atoms with Gasteiger partial charge in [0, 0.05) is 19.4 Å². The highest BCUT2D eigenvalue weighted by Gasteiger charge is 2.19. The van der Waals surface area contributed by atoms with Crippen molar-refractivity contribution in [1.29, 1.82) is 0 Å². The van der Waals surface area contributed by atoms with E-state index in [2.05, 4.69) is 32.6 Å². The molecule has 0 fully saturated rings. The summed E-state index contributed by atoms with van der Waals surface area (Å²) in [7, 11) is 1.98. The summed E-state index contributed by atoms with van der Waals surface area (Å²) >= 11 is 0. The van der Waals surface area contributed by atoms with Gasteiger partial charge in [0.1, 0.15) is 17.6 Å². The maximum absolute atomic E-state index is 4.34. The van der Waals surface area contributed by atoms with Crippen molar-refractivity contribution in [1.82, 2.24) is 30.3 Å². The fourth-order valence-corrected chi connectivity index (χ4v) is 1.62. The van der Waals surface area contributed by atoms with Gasteiger partial charge in [0.05, 0.1) is 6.20 Å². The minimum Gasteiger partial charge on any atom is -0.336 e. The molecule has 2 aromatic heterocycles. The molecule has 0 saturated carbocycles. The Hall–Kier alpha value is -1.69. The minimum atomic E-state index is -0.00120. The summed E-state index contributed by atoms with van der Waals surface area (Å²) in [4.78, 5) is 4.34. The molecule has 16 heavy (non-hydrogen) atoms. The predicted octanol–water partition coefficient (Wildman–Crippen LogP) is 0.627. The minimum absolute atomic E-state index is 0.00120. The Morgan fingerprint density at radius 2 is 2.44 bits per heavy atom. The Labute approximate surface area is 94.1 Å². The number of H-pyrrole nitrogens is 1. The molecule has 2 N–H and O–H groups in total. The van der Waals surface area contributed by atoms with Crippen molar-refractivity contribution in [3.05, 3.63) is 30.1 Å². The molecule has 0 amide bonds. The number of imidazole rings is 1. The van der Waals surface area contributed by atoms with Gasteiger partial charge in [-0.3, -0.25) is 0 Å².